The lowest BCUT2D eigenvalue weighted by Gasteiger charge is -2.09. The summed E-state index contributed by atoms with van der Waals surface area (Å²) in [6, 6.07) is 0. The quantitative estimate of drug-likeness (QED) is 0.639. The van der Waals surface area contributed by atoms with E-state index in [9.17, 15) is 4.79 Å². The Bertz CT molecular complexity index is 602. The molecular formula is C10H10N2OS3. The van der Waals surface area contributed by atoms with E-state index in [-0.39, 0.29) is 5.56 Å². The molecule has 3 heterocycles. The summed E-state index contributed by atoms with van der Waals surface area (Å²) in [5, 5.41) is 1.54. The maximum Gasteiger partial charge on any atom is 0.260 e. The first-order chi connectivity index (χ1) is 7.79. The number of nitrogens with one attached hydrogen (secondary N) is 1. The van der Waals surface area contributed by atoms with Crippen LogP contribution in [0.3, 0.4) is 0 Å². The van der Waals surface area contributed by atoms with Crippen molar-refractivity contribution in [1.29, 1.82) is 0 Å². The Kier molecular flexibility index (Phi) is 2.73. The van der Waals surface area contributed by atoms with E-state index in [1.165, 1.54) is 22.2 Å². The molecule has 6 heteroatoms. The van der Waals surface area contributed by atoms with Crippen LogP contribution in [0.5, 0.6) is 0 Å². The Morgan fingerprint density at radius 1 is 1.50 bits per heavy atom. The van der Waals surface area contributed by atoms with E-state index in [1.807, 2.05) is 18.0 Å². The van der Waals surface area contributed by atoms with Crippen LogP contribution in [0.1, 0.15) is 10.4 Å². The van der Waals surface area contributed by atoms with E-state index in [0.29, 0.717) is 5.16 Å². The number of hydrogen-bond donors (Lipinski definition) is 1. The van der Waals surface area contributed by atoms with Gasteiger partial charge in [-0.3, -0.25) is 4.79 Å². The standard InChI is InChI=1S/C10H10N2OS3/c1-14-10-11-8(13)7-5-2-3-15-4-6(5)16-9(7)12-10/h2-4H2,1H3,(H,11,12,13). The number of aromatic amines is 1. The number of aryl methyl sites for hydroxylation is 1. The van der Waals surface area contributed by atoms with Crippen molar-refractivity contribution in [3.8, 4) is 0 Å². The largest absolute Gasteiger partial charge is 0.301 e. The Labute approximate surface area is 105 Å². The molecule has 0 aromatic carbocycles. The molecule has 3 nitrogen and oxygen atoms in total. The van der Waals surface area contributed by atoms with E-state index in [4.69, 9.17) is 0 Å². The van der Waals surface area contributed by atoms with E-state index in [1.54, 1.807) is 11.3 Å². The molecule has 2 aromatic heterocycles. The Hall–Kier alpha value is -0.460. The van der Waals surface area contributed by atoms with Crippen molar-refractivity contribution in [2.24, 2.45) is 0 Å². The van der Waals surface area contributed by atoms with Crippen molar-refractivity contribution in [2.45, 2.75) is 17.3 Å². The number of thioether (sulfide) groups is 2. The van der Waals surface area contributed by atoms with Crippen molar-refractivity contribution in [3.05, 3.63) is 20.8 Å². The number of aromatic nitrogens is 2. The van der Waals surface area contributed by atoms with Crippen LogP contribution in [0.15, 0.2) is 9.95 Å². The van der Waals surface area contributed by atoms with Crippen LogP contribution in [0.2, 0.25) is 0 Å². The van der Waals surface area contributed by atoms with Gasteiger partial charge in [0.15, 0.2) is 5.16 Å². The third-order valence-electron chi connectivity index (χ3n) is 2.65. The monoisotopic (exact) mass is 270 g/mol. The third kappa shape index (κ3) is 1.59. The summed E-state index contributed by atoms with van der Waals surface area (Å²) < 4.78 is 0. The van der Waals surface area contributed by atoms with E-state index >= 15 is 0 Å². The molecule has 0 unspecified atom stereocenters. The Morgan fingerprint density at radius 3 is 3.19 bits per heavy atom. The van der Waals surface area contributed by atoms with Gasteiger partial charge >= 0.3 is 0 Å². The van der Waals surface area contributed by atoms with Gasteiger partial charge in [-0.1, -0.05) is 11.8 Å². The highest BCUT2D eigenvalue weighted by atomic mass is 32.2. The lowest BCUT2D eigenvalue weighted by atomic mass is 10.1. The first-order valence-corrected chi connectivity index (χ1v) is 8.15. The van der Waals surface area contributed by atoms with Crippen molar-refractivity contribution in [2.75, 3.05) is 12.0 Å². The summed E-state index contributed by atoms with van der Waals surface area (Å²) in [4.78, 5) is 21.5. The molecule has 1 aliphatic rings. The number of fused-ring (bicyclic) bond motifs is 3. The predicted molar refractivity (Wildman–Crippen MR) is 71.9 cm³/mol. The zero-order chi connectivity index (χ0) is 11.1. The van der Waals surface area contributed by atoms with Crippen molar-refractivity contribution < 1.29 is 0 Å². The maximum absolute atomic E-state index is 12.0. The fourth-order valence-corrected chi connectivity index (χ4v) is 4.70. The van der Waals surface area contributed by atoms with E-state index < -0.39 is 0 Å². The lowest BCUT2D eigenvalue weighted by Crippen LogP contribution is -2.10. The number of thiophene rings is 1. The van der Waals surface area contributed by atoms with Gasteiger partial charge in [-0.15, -0.1) is 11.3 Å². The van der Waals surface area contributed by atoms with Crippen LogP contribution < -0.4 is 5.56 Å². The van der Waals surface area contributed by atoms with E-state index in [2.05, 4.69) is 9.97 Å². The first-order valence-electron chi connectivity index (χ1n) is 4.96. The fraction of sp³-hybridized carbons (Fsp3) is 0.400. The molecule has 0 amide bonds. The van der Waals surface area contributed by atoms with Gasteiger partial charge in [0, 0.05) is 10.6 Å². The lowest BCUT2D eigenvalue weighted by molar-refractivity contribution is 0.979. The van der Waals surface area contributed by atoms with Gasteiger partial charge in [-0.2, -0.15) is 11.8 Å². The molecule has 1 aliphatic heterocycles. The normalized spacial score (nSPS) is 15.3. The average molecular weight is 270 g/mol. The third-order valence-corrected chi connectivity index (χ3v) is 5.52. The Morgan fingerprint density at radius 2 is 2.38 bits per heavy atom. The molecule has 0 saturated heterocycles. The first kappa shape index (κ1) is 10.7. The summed E-state index contributed by atoms with van der Waals surface area (Å²) >= 11 is 5.09. The molecular weight excluding hydrogens is 260 g/mol. The molecule has 16 heavy (non-hydrogen) atoms. The summed E-state index contributed by atoms with van der Waals surface area (Å²) in [5.74, 6) is 2.15. The fourth-order valence-electron chi connectivity index (χ4n) is 1.91. The molecule has 0 bridgehead atoms. The average Bonchev–Trinajstić information content (AvgIpc) is 2.67. The minimum atomic E-state index is 0.0266. The van der Waals surface area contributed by atoms with Gasteiger partial charge in [0.05, 0.1) is 5.39 Å². The van der Waals surface area contributed by atoms with Crippen LogP contribution >= 0.6 is 34.9 Å². The van der Waals surface area contributed by atoms with Crippen molar-refractivity contribution in [3.63, 3.8) is 0 Å². The minimum absolute atomic E-state index is 0.0266. The highest BCUT2D eigenvalue weighted by molar-refractivity contribution is 7.98. The zero-order valence-corrected chi connectivity index (χ0v) is 11.2. The molecule has 0 fully saturated rings. The molecule has 0 spiro atoms. The number of hydrogen-bond acceptors (Lipinski definition) is 5. The highest BCUT2D eigenvalue weighted by Crippen LogP contribution is 2.35. The second-order valence-electron chi connectivity index (χ2n) is 3.56. The second-order valence-corrected chi connectivity index (χ2v) is 6.55. The van der Waals surface area contributed by atoms with Gasteiger partial charge in [0.2, 0.25) is 0 Å². The zero-order valence-electron chi connectivity index (χ0n) is 8.70. The van der Waals surface area contributed by atoms with Gasteiger partial charge in [-0.05, 0) is 24.0 Å². The van der Waals surface area contributed by atoms with Gasteiger partial charge in [0.1, 0.15) is 4.83 Å². The van der Waals surface area contributed by atoms with E-state index in [0.717, 1.165) is 28.1 Å². The van der Waals surface area contributed by atoms with Gasteiger partial charge < -0.3 is 4.98 Å². The molecule has 3 rings (SSSR count). The summed E-state index contributed by atoms with van der Waals surface area (Å²) in [6.45, 7) is 0. The van der Waals surface area contributed by atoms with Crippen molar-refractivity contribution >= 4 is 45.1 Å². The Balaban J connectivity index is 2.34. The molecule has 0 atom stereocenters. The van der Waals surface area contributed by atoms with Crippen LogP contribution in [0.25, 0.3) is 10.2 Å². The molecule has 0 radical (unpaired) electrons. The number of rotatable bonds is 1. The molecule has 0 saturated carbocycles. The van der Waals surface area contributed by atoms with Gasteiger partial charge in [0.25, 0.3) is 5.56 Å². The molecule has 2 aromatic rings. The molecule has 0 aliphatic carbocycles. The van der Waals surface area contributed by atoms with Crippen LogP contribution in [0.4, 0.5) is 0 Å². The van der Waals surface area contributed by atoms with Crippen LogP contribution in [0, 0.1) is 0 Å². The smallest absolute Gasteiger partial charge is 0.260 e. The van der Waals surface area contributed by atoms with Crippen LogP contribution in [-0.4, -0.2) is 22.0 Å². The minimum Gasteiger partial charge on any atom is -0.301 e. The number of nitrogens with zero attached hydrogens (tertiary/aromatic N) is 1. The second kappa shape index (κ2) is 4.09. The SMILES string of the molecule is CSc1nc2sc3c(c2c(=O)[nH]1)CCSC3. The van der Waals surface area contributed by atoms with Crippen LogP contribution in [-0.2, 0) is 12.2 Å². The highest BCUT2D eigenvalue weighted by Gasteiger charge is 2.19. The number of H-pyrrole nitrogens is 1. The summed E-state index contributed by atoms with van der Waals surface area (Å²) in [6.07, 6.45) is 2.93. The predicted octanol–water partition coefficient (Wildman–Crippen LogP) is 2.50. The summed E-state index contributed by atoms with van der Waals surface area (Å²) in [7, 11) is 0. The topological polar surface area (TPSA) is 45.8 Å². The van der Waals surface area contributed by atoms with Gasteiger partial charge in [-0.25, -0.2) is 4.98 Å². The van der Waals surface area contributed by atoms with Crippen molar-refractivity contribution in [1.82, 2.24) is 9.97 Å². The molecule has 1 N–H and O–H groups in total. The molecule has 84 valence electrons. The maximum atomic E-state index is 12.0. The summed E-state index contributed by atoms with van der Waals surface area (Å²) in [5.41, 5.74) is 1.26.